The number of amides is 1. The summed E-state index contributed by atoms with van der Waals surface area (Å²) in [6, 6.07) is 11.2. The molecule has 0 fully saturated rings. The van der Waals surface area contributed by atoms with Crippen molar-refractivity contribution in [3.8, 4) is 0 Å². The van der Waals surface area contributed by atoms with Gasteiger partial charge in [-0.25, -0.2) is 8.42 Å². The minimum atomic E-state index is -3.70. The van der Waals surface area contributed by atoms with Crippen molar-refractivity contribution in [2.24, 2.45) is 0 Å². The molecule has 152 valence electrons. The monoisotopic (exact) mass is 432 g/mol. The van der Waals surface area contributed by atoms with Crippen molar-refractivity contribution in [2.45, 2.75) is 35.6 Å². The van der Waals surface area contributed by atoms with Crippen LogP contribution in [0.2, 0.25) is 5.02 Å². The molecule has 1 atom stereocenters. The molecule has 0 saturated heterocycles. The molecule has 0 radical (unpaired) electrons. The highest BCUT2D eigenvalue weighted by atomic mass is 35.5. The van der Waals surface area contributed by atoms with Crippen LogP contribution in [-0.4, -0.2) is 27.4 Å². The Balaban J connectivity index is 1.70. The summed E-state index contributed by atoms with van der Waals surface area (Å²) in [5, 5.41) is 7.50. The third-order valence-corrected chi connectivity index (χ3v) is 7.09. The fourth-order valence-electron chi connectivity index (χ4n) is 3.72. The Morgan fingerprint density at radius 3 is 2.79 bits per heavy atom. The minimum absolute atomic E-state index is 0.0222. The molecule has 0 spiro atoms. The smallest absolute Gasteiger partial charge is 0.216 e. The summed E-state index contributed by atoms with van der Waals surface area (Å²) in [7, 11) is -3.70. The summed E-state index contributed by atoms with van der Waals surface area (Å²) in [6.45, 7) is 2.83. The highest BCUT2D eigenvalue weighted by Crippen LogP contribution is 2.36. The third-order valence-electron chi connectivity index (χ3n) is 5.10. The molecule has 1 amide bonds. The fourth-order valence-corrected chi connectivity index (χ4v) is 5.29. The highest BCUT2D eigenvalue weighted by Gasteiger charge is 2.27. The van der Waals surface area contributed by atoms with Crippen molar-refractivity contribution in [3.63, 3.8) is 0 Å². The van der Waals surface area contributed by atoms with Crippen molar-refractivity contribution in [3.05, 3.63) is 58.8 Å². The molecule has 0 aliphatic carbocycles. The van der Waals surface area contributed by atoms with Gasteiger partial charge in [-0.15, -0.1) is 0 Å². The Labute approximate surface area is 174 Å². The van der Waals surface area contributed by atoms with Gasteiger partial charge in [0.2, 0.25) is 15.7 Å². The first-order chi connectivity index (χ1) is 13.9. The Kier molecular flexibility index (Phi) is 5.38. The van der Waals surface area contributed by atoms with Crippen LogP contribution in [0.5, 0.6) is 0 Å². The number of rotatable bonds is 5. The summed E-state index contributed by atoms with van der Waals surface area (Å²) in [5.41, 5.74) is 1.64. The number of hydrogen-bond donors (Lipinski definition) is 2. The van der Waals surface area contributed by atoms with Gasteiger partial charge in [0, 0.05) is 42.1 Å². The molecule has 1 unspecified atom stereocenters. The van der Waals surface area contributed by atoms with Crippen LogP contribution in [0.15, 0.2) is 56.7 Å². The molecule has 6 nitrogen and oxygen atoms in total. The van der Waals surface area contributed by atoms with Gasteiger partial charge >= 0.3 is 0 Å². The molecule has 3 aromatic rings. The zero-order valence-corrected chi connectivity index (χ0v) is 17.4. The second kappa shape index (κ2) is 7.82. The van der Waals surface area contributed by atoms with Crippen molar-refractivity contribution in [2.75, 3.05) is 13.1 Å². The molecule has 2 heterocycles. The largest absolute Gasteiger partial charge is 0.459 e. The van der Waals surface area contributed by atoms with Gasteiger partial charge in [0.15, 0.2) is 0 Å². The average Bonchev–Trinajstić information content (AvgIpc) is 3.06. The summed E-state index contributed by atoms with van der Waals surface area (Å²) >= 11 is 5.96. The maximum Gasteiger partial charge on any atom is 0.216 e. The summed E-state index contributed by atoms with van der Waals surface area (Å²) in [5.74, 6) is 0.746. The van der Waals surface area contributed by atoms with Crippen molar-refractivity contribution in [1.29, 1.82) is 0 Å². The minimum Gasteiger partial charge on any atom is -0.459 e. The lowest BCUT2D eigenvalue weighted by Gasteiger charge is -2.22. The quantitative estimate of drug-likeness (QED) is 0.642. The molecule has 0 saturated carbocycles. The topological polar surface area (TPSA) is 88.4 Å². The molecule has 0 bridgehead atoms. The molecule has 29 heavy (non-hydrogen) atoms. The van der Waals surface area contributed by atoms with Gasteiger partial charge < -0.3 is 15.1 Å². The van der Waals surface area contributed by atoms with E-state index in [4.69, 9.17) is 16.0 Å². The lowest BCUT2D eigenvalue weighted by molar-refractivity contribution is -0.118. The van der Waals surface area contributed by atoms with Gasteiger partial charge in [-0.2, -0.15) is 0 Å². The van der Waals surface area contributed by atoms with Crippen LogP contribution in [-0.2, 0) is 21.1 Å². The van der Waals surface area contributed by atoms with Crippen molar-refractivity contribution in [1.82, 2.24) is 10.6 Å². The molecule has 2 N–H and O–H groups in total. The maximum absolute atomic E-state index is 13.0. The van der Waals surface area contributed by atoms with Crippen LogP contribution < -0.4 is 10.6 Å². The van der Waals surface area contributed by atoms with Crippen LogP contribution in [0.1, 0.15) is 30.7 Å². The van der Waals surface area contributed by atoms with Crippen LogP contribution in [0.4, 0.5) is 0 Å². The lowest BCUT2D eigenvalue weighted by atomic mass is 9.98. The zero-order valence-electron chi connectivity index (χ0n) is 15.9. The Hall–Kier alpha value is -2.35. The van der Waals surface area contributed by atoms with E-state index in [0.717, 1.165) is 29.7 Å². The van der Waals surface area contributed by atoms with Gasteiger partial charge in [-0.1, -0.05) is 17.7 Å². The number of halogens is 1. The normalized spacial score (nSPS) is 16.6. The molecule has 2 aromatic carbocycles. The van der Waals surface area contributed by atoms with E-state index >= 15 is 0 Å². The summed E-state index contributed by atoms with van der Waals surface area (Å²) < 4.78 is 32.1. The van der Waals surface area contributed by atoms with Crippen LogP contribution in [0.3, 0.4) is 0 Å². The van der Waals surface area contributed by atoms with E-state index in [1.807, 2.05) is 6.07 Å². The van der Waals surface area contributed by atoms with Gasteiger partial charge in [0.25, 0.3) is 0 Å². The van der Waals surface area contributed by atoms with E-state index < -0.39 is 9.84 Å². The first-order valence-electron chi connectivity index (χ1n) is 9.40. The van der Waals surface area contributed by atoms with Crippen LogP contribution >= 0.6 is 11.6 Å². The number of carbonyl (C=O) groups excluding carboxylic acids is 1. The number of carbonyl (C=O) groups is 1. The van der Waals surface area contributed by atoms with Gasteiger partial charge in [-0.3, -0.25) is 4.79 Å². The van der Waals surface area contributed by atoms with E-state index in [1.165, 1.54) is 19.1 Å². The van der Waals surface area contributed by atoms with E-state index in [9.17, 15) is 13.2 Å². The van der Waals surface area contributed by atoms with Crippen molar-refractivity contribution >= 4 is 38.3 Å². The number of sulfone groups is 1. The summed E-state index contributed by atoms with van der Waals surface area (Å²) in [4.78, 5) is 11.4. The molecular formula is C21H21ClN2O4S. The number of fused-ring (bicyclic) bond motifs is 3. The summed E-state index contributed by atoms with van der Waals surface area (Å²) in [6.07, 6.45) is 1.50. The van der Waals surface area contributed by atoms with Crippen molar-refractivity contribution < 1.29 is 17.6 Å². The first kappa shape index (κ1) is 19.9. The molecule has 1 aliphatic rings. The van der Waals surface area contributed by atoms with E-state index in [0.29, 0.717) is 23.6 Å². The maximum atomic E-state index is 13.0. The zero-order chi connectivity index (χ0) is 20.6. The van der Waals surface area contributed by atoms with Gasteiger partial charge in [0.05, 0.1) is 15.8 Å². The van der Waals surface area contributed by atoms with E-state index in [2.05, 4.69) is 10.6 Å². The predicted molar refractivity (Wildman–Crippen MR) is 111 cm³/mol. The second-order valence-corrected chi connectivity index (χ2v) is 9.48. The molecule has 1 aliphatic heterocycles. The van der Waals surface area contributed by atoms with Crippen LogP contribution in [0.25, 0.3) is 11.0 Å². The van der Waals surface area contributed by atoms with Crippen LogP contribution in [0, 0.1) is 0 Å². The standard InChI is InChI=1S/C21H21ClN2O4S/c1-13(25)23-10-8-19-21-18(7-9-24-19)17-6-5-16(12-20(17)28-21)29(26,27)15-4-2-3-14(22)11-15/h2-6,11-12,19,24H,7-10H2,1H3,(H,23,25). The predicted octanol–water partition coefficient (Wildman–Crippen LogP) is 3.63. The Morgan fingerprint density at radius 2 is 2.03 bits per heavy atom. The number of furan rings is 1. The molecule has 8 heteroatoms. The Morgan fingerprint density at radius 1 is 1.24 bits per heavy atom. The molecular weight excluding hydrogens is 412 g/mol. The number of benzene rings is 2. The lowest BCUT2D eigenvalue weighted by Crippen LogP contribution is -2.32. The average molecular weight is 433 g/mol. The first-order valence-corrected chi connectivity index (χ1v) is 11.3. The molecule has 4 rings (SSSR count). The molecule has 1 aromatic heterocycles. The SMILES string of the molecule is CC(=O)NCCC1NCCc2c1oc1cc(S(=O)(=O)c3cccc(Cl)c3)ccc21. The van der Waals surface area contributed by atoms with Gasteiger partial charge in [0.1, 0.15) is 11.3 Å². The van der Waals surface area contributed by atoms with E-state index in [1.54, 1.807) is 24.3 Å². The van der Waals surface area contributed by atoms with Gasteiger partial charge in [-0.05, 0) is 43.2 Å². The second-order valence-electron chi connectivity index (χ2n) is 7.09. The third kappa shape index (κ3) is 3.90. The Bertz CT molecular complexity index is 1190. The van der Waals surface area contributed by atoms with E-state index in [-0.39, 0.29) is 21.7 Å². The highest BCUT2D eigenvalue weighted by molar-refractivity contribution is 7.91. The number of nitrogens with one attached hydrogen (secondary N) is 2. The fraction of sp³-hybridized carbons (Fsp3) is 0.286. The number of hydrogen-bond acceptors (Lipinski definition) is 5.